The second-order valence-electron chi connectivity index (χ2n) is 5.39. The fraction of sp³-hybridized carbons (Fsp3) is 0.533. The summed E-state index contributed by atoms with van der Waals surface area (Å²) in [6.07, 6.45) is 1.85. The zero-order chi connectivity index (χ0) is 15.1. The van der Waals surface area contributed by atoms with Gasteiger partial charge in [-0.2, -0.15) is 0 Å². The molecule has 0 saturated carbocycles. The summed E-state index contributed by atoms with van der Waals surface area (Å²) >= 11 is 0. The summed E-state index contributed by atoms with van der Waals surface area (Å²) in [5.41, 5.74) is 1.20. The summed E-state index contributed by atoms with van der Waals surface area (Å²) in [6.45, 7) is 1.15. The molecule has 5 nitrogen and oxygen atoms in total. The standard InChI is InChI=1S/C15H22N2O3S/c18-15(17-9-6-13-4-2-1-3-5-13)7-10-16-14-8-11-21(19,20)12-14/h1-5,14,16H,6-12H2,(H,17,18). The van der Waals surface area contributed by atoms with Crippen LogP contribution in [0.5, 0.6) is 0 Å². The van der Waals surface area contributed by atoms with E-state index < -0.39 is 9.84 Å². The molecule has 1 aromatic carbocycles. The second kappa shape index (κ2) is 7.56. The summed E-state index contributed by atoms with van der Waals surface area (Å²) in [4.78, 5) is 11.7. The molecule has 0 aromatic heterocycles. The molecule has 0 radical (unpaired) electrons. The lowest BCUT2D eigenvalue weighted by molar-refractivity contribution is -0.120. The van der Waals surface area contributed by atoms with Crippen molar-refractivity contribution < 1.29 is 13.2 Å². The van der Waals surface area contributed by atoms with E-state index in [0.717, 1.165) is 6.42 Å². The molecule has 2 N–H and O–H groups in total. The van der Waals surface area contributed by atoms with Crippen LogP contribution in [0.3, 0.4) is 0 Å². The highest BCUT2D eigenvalue weighted by Gasteiger charge is 2.27. The topological polar surface area (TPSA) is 75.3 Å². The number of amides is 1. The number of carbonyl (C=O) groups is 1. The van der Waals surface area contributed by atoms with Crippen LogP contribution >= 0.6 is 0 Å². The molecule has 1 aliphatic rings. The van der Waals surface area contributed by atoms with Gasteiger partial charge < -0.3 is 10.6 Å². The first-order chi connectivity index (χ1) is 10.1. The maximum atomic E-state index is 11.7. The quantitative estimate of drug-likeness (QED) is 0.769. The molecule has 6 heteroatoms. The third-order valence-corrected chi connectivity index (χ3v) is 5.36. The summed E-state index contributed by atoms with van der Waals surface area (Å²) < 4.78 is 22.6. The molecule has 1 unspecified atom stereocenters. The van der Waals surface area contributed by atoms with Crippen molar-refractivity contribution in [3.05, 3.63) is 35.9 Å². The van der Waals surface area contributed by atoms with Crippen molar-refractivity contribution in [1.29, 1.82) is 0 Å². The fourth-order valence-electron chi connectivity index (χ4n) is 2.43. The van der Waals surface area contributed by atoms with Gasteiger partial charge in [-0.3, -0.25) is 4.79 Å². The molecule has 2 rings (SSSR count). The van der Waals surface area contributed by atoms with Gasteiger partial charge in [0, 0.05) is 25.6 Å². The van der Waals surface area contributed by atoms with E-state index in [1.807, 2.05) is 30.3 Å². The predicted octanol–water partition coefficient (Wildman–Crippen LogP) is 0.512. The van der Waals surface area contributed by atoms with Crippen LogP contribution in [-0.2, 0) is 21.1 Å². The van der Waals surface area contributed by atoms with Crippen LogP contribution in [0.2, 0.25) is 0 Å². The van der Waals surface area contributed by atoms with Gasteiger partial charge in [-0.05, 0) is 18.4 Å². The number of carbonyl (C=O) groups excluding carboxylic acids is 1. The highest BCUT2D eigenvalue weighted by Crippen LogP contribution is 2.10. The first-order valence-corrected chi connectivity index (χ1v) is 9.12. The first-order valence-electron chi connectivity index (χ1n) is 7.29. The van der Waals surface area contributed by atoms with Gasteiger partial charge in [0.25, 0.3) is 0 Å². The van der Waals surface area contributed by atoms with Gasteiger partial charge in [0.2, 0.25) is 5.91 Å². The number of sulfone groups is 1. The van der Waals surface area contributed by atoms with Gasteiger partial charge in [0.15, 0.2) is 9.84 Å². The minimum atomic E-state index is -2.85. The van der Waals surface area contributed by atoms with Crippen molar-refractivity contribution in [2.45, 2.75) is 25.3 Å². The van der Waals surface area contributed by atoms with Crippen LogP contribution in [0, 0.1) is 0 Å². The van der Waals surface area contributed by atoms with E-state index >= 15 is 0 Å². The van der Waals surface area contributed by atoms with Crippen LogP contribution in [0.1, 0.15) is 18.4 Å². The Bertz CT molecular complexity index is 558. The van der Waals surface area contributed by atoms with Crippen LogP contribution in [0.15, 0.2) is 30.3 Å². The minimum Gasteiger partial charge on any atom is -0.356 e. The van der Waals surface area contributed by atoms with E-state index in [9.17, 15) is 13.2 Å². The van der Waals surface area contributed by atoms with E-state index in [0.29, 0.717) is 25.9 Å². The molecule has 21 heavy (non-hydrogen) atoms. The SMILES string of the molecule is O=C(CCNC1CCS(=O)(=O)C1)NCCc1ccccc1. The van der Waals surface area contributed by atoms with Gasteiger partial charge in [0.05, 0.1) is 11.5 Å². The molecular formula is C15H22N2O3S. The lowest BCUT2D eigenvalue weighted by Crippen LogP contribution is -2.34. The molecule has 1 saturated heterocycles. The van der Waals surface area contributed by atoms with Crippen molar-refractivity contribution in [1.82, 2.24) is 10.6 Å². The molecule has 0 aliphatic carbocycles. The van der Waals surface area contributed by atoms with Crippen LogP contribution in [-0.4, -0.2) is 45.0 Å². The molecule has 1 atom stereocenters. The van der Waals surface area contributed by atoms with Gasteiger partial charge in [-0.1, -0.05) is 30.3 Å². The maximum absolute atomic E-state index is 11.7. The van der Waals surface area contributed by atoms with E-state index in [1.54, 1.807) is 0 Å². The molecule has 1 aliphatic heterocycles. The summed E-state index contributed by atoms with van der Waals surface area (Å²) in [5.74, 6) is 0.454. The molecule has 1 heterocycles. The third-order valence-electron chi connectivity index (χ3n) is 3.60. The molecule has 1 amide bonds. The van der Waals surface area contributed by atoms with Crippen molar-refractivity contribution in [2.75, 3.05) is 24.6 Å². The number of nitrogens with one attached hydrogen (secondary N) is 2. The lowest BCUT2D eigenvalue weighted by atomic mass is 10.1. The molecule has 0 bridgehead atoms. The summed E-state index contributed by atoms with van der Waals surface area (Å²) in [7, 11) is -2.85. The van der Waals surface area contributed by atoms with E-state index in [4.69, 9.17) is 0 Å². The van der Waals surface area contributed by atoms with Crippen molar-refractivity contribution in [3.63, 3.8) is 0 Å². The van der Waals surface area contributed by atoms with Crippen LogP contribution in [0.4, 0.5) is 0 Å². The maximum Gasteiger partial charge on any atom is 0.221 e. The Labute approximate surface area is 126 Å². The van der Waals surface area contributed by atoms with Gasteiger partial charge in [-0.25, -0.2) is 8.42 Å². The number of rotatable bonds is 7. The Morgan fingerprint density at radius 3 is 2.62 bits per heavy atom. The predicted molar refractivity (Wildman–Crippen MR) is 82.8 cm³/mol. The zero-order valence-corrected chi connectivity index (χ0v) is 12.9. The normalized spacial score (nSPS) is 20.3. The van der Waals surface area contributed by atoms with Gasteiger partial charge in [0.1, 0.15) is 0 Å². The molecule has 116 valence electrons. The Morgan fingerprint density at radius 2 is 1.95 bits per heavy atom. The average molecular weight is 310 g/mol. The highest BCUT2D eigenvalue weighted by molar-refractivity contribution is 7.91. The van der Waals surface area contributed by atoms with Crippen molar-refractivity contribution in [2.24, 2.45) is 0 Å². The lowest BCUT2D eigenvalue weighted by Gasteiger charge is -2.10. The molecule has 1 aromatic rings. The van der Waals surface area contributed by atoms with E-state index in [1.165, 1.54) is 5.56 Å². The Kier molecular flexibility index (Phi) is 5.76. The Balaban J connectivity index is 1.56. The Morgan fingerprint density at radius 1 is 1.19 bits per heavy atom. The van der Waals surface area contributed by atoms with Crippen LogP contribution < -0.4 is 10.6 Å². The monoisotopic (exact) mass is 310 g/mol. The van der Waals surface area contributed by atoms with Crippen molar-refractivity contribution >= 4 is 15.7 Å². The number of benzene rings is 1. The fourth-order valence-corrected chi connectivity index (χ4v) is 4.13. The second-order valence-corrected chi connectivity index (χ2v) is 7.62. The molecule has 1 fully saturated rings. The van der Waals surface area contributed by atoms with Gasteiger partial charge in [-0.15, -0.1) is 0 Å². The zero-order valence-electron chi connectivity index (χ0n) is 12.0. The summed E-state index contributed by atoms with van der Waals surface area (Å²) in [5, 5.41) is 6.01. The third kappa shape index (κ3) is 5.85. The smallest absolute Gasteiger partial charge is 0.221 e. The van der Waals surface area contributed by atoms with E-state index in [2.05, 4.69) is 10.6 Å². The highest BCUT2D eigenvalue weighted by atomic mass is 32.2. The number of hydrogen-bond donors (Lipinski definition) is 2. The molecular weight excluding hydrogens is 288 g/mol. The summed E-state index contributed by atoms with van der Waals surface area (Å²) in [6, 6.07) is 10.0. The minimum absolute atomic E-state index is 0.000662. The largest absolute Gasteiger partial charge is 0.356 e. The van der Waals surface area contributed by atoms with E-state index in [-0.39, 0.29) is 23.5 Å². The average Bonchev–Trinajstić information content (AvgIpc) is 2.79. The molecule has 0 spiro atoms. The van der Waals surface area contributed by atoms with Crippen molar-refractivity contribution in [3.8, 4) is 0 Å². The Hall–Kier alpha value is -1.40. The van der Waals surface area contributed by atoms with Crippen LogP contribution in [0.25, 0.3) is 0 Å². The first kappa shape index (κ1) is 16.0. The van der Waals surface area contributed by atoms with Gasteiger partial charge >= 0.3 is 0 Å². The number of hydrogen-bond acceptors (Lipinski definition) is 4.